The number of carboxylic acids is 1. The van der Waals surface area contributed by atoms with Gasteiger partial charge in [0.1, 0.15) is 12.1 Å². The fourth-order valence-electron chi connectivity index (χ4n) is 3.30. The Labute approximate surface area is 169 Å². The predicted octanol–water partition coefficient (Wildman–Crippen LogP) is -0.357. The van der Waals surface area contributed by atoms with Gasteiger partial charge in [0.05, 0.1) is 12.6 Å². The number of nitrogens with two attached hydrogens (primary N) is 1. The molecule has 1 aromatic rings. The van der Waals surface area contributed by atoms with E-state index in [1.54, 1.807) is 6.92 Å². The summed E-state index contributed by atoms with van der Waals surface area (Å²) in [6.45, 7) is 1.78. The minimum absolute atomic E-state index is 0.247. The van der Waals surface area contributed by atoms with Crippen molar-refractivity contribution < 1.29 is 24.3 Å². The zero-order valence-corrected chi connectivity index (χ0v) is 16.5. The van der Waals surface area contributed by atoms with Crippen LogP contribution in [-0.4, -0.2) is 64.9 Å². The Bertz CT molecular complexity index is 740. The van der Waals surface area contributed by atoms with Gasteiger partial charge >= 0.3 is 5.97 Å². The van der Waals surface area contributed by atoms with Gasteiger partial charge in [-0.3, -0.25) is 14.4 Å². The molecule has 0 aromatic heterocycles. The number of amides is 3. The summed E-state index contributed by atoms with van der Waals surface area (Å²) in [6.07, 6.45) is 1.69. The molecule has 1 aliphatic heterocycles. The third-order valence-electron chi connectivity index (χ3n) is 4.95. The van der Waals surface area contributed by atoms with Crippen molar-refractivity contribution in [2.24, 2.45) is 5.73 Å². The number of rotatable bonds is 9. The molecule has 3 unspecified atom stereocenters. The van der Waals surface area contributed by atoms with Crippen molar-refractivity contribution in [2.75, 3.05) is 13.1 Å². The Hall–Kier alpha value is -2.94. The lowest BCUT2D eigenvalue weighted by Gasteiger charge is -2.25. The SMILES string of the molecule is CCC(NC(=O)C1CCCN1C(=O)CNC(=O)C(N)Cc1ccccc1)C(=O)O. The third-order valence-corrected chi connectivity index (χ3v) is 4.95. The topological polar surface area (TPSA) is 142 Å². The summed E-state index contributed by atoms with van der Waals surface area (Å²) in [5.41, 5.74) is 6.82. The minimum atomic E-state index is -1.11. The maximum absolute atomic E-state index is 12.5. The largest absolute Gasteiger partial charge is 0.480 e. The fourth-order valence-corrected chi connectivity index (χ4v) is 3.30. The van der Waals surface area contributed by atoms with E-state index in [9.17, 15) is 19.2 Å². The molecule has 29 heavy (non-hydrogen) atoms. The van der Waals surface area contributed by atoms with Crippen molar-refractivity contribution in [3.05, 3.63) is 35.9 Å². The van der Waals surface area contributed by atoms with Crippen LogP contribution in [0.2, 0.25) is 0 Å². The summed E-state index contributed by atoms with van der Waals surface area (Å²) in [4.78, 5) is 49.6. The standard InChI is InChI=1S/C20H28N4O5/c1-2-15(20(28)29)23-19(27)16-9-6-10-24(16)17(25)12-22-18(26)14(21)11-13-7-4-3-5-8-13/h3-5,7-8,14-16H,2,6,9-12,21H2,1H3,(H,22,26)(H,23,27)(H,28,29). The molecule has 1 fully saturated rings. The van der Waals surface area contributed by atoms with Crippen molar-refractivity contribution in [2.45, 2.75) is 50.7 Å². The quantitative estimate of drug-likeness (QED) is 0.443. The van der Waals surface area contributed by atoms with E-state index < -0.39 is 41.8 Å². The molecule has 9 nitrogen and oxygen atoms in total. The molecule has 3 atom stereocenters. The highest BCUT2D eigenvalue weighted by atomic mass is 16.4. The first-order chi connectivity index (χ1) is 13.8. The number of carbonyl (C=O) groups excluding carboxylic acids is 3. The van der Waals surface area contributed by atoms with Gasteiger partial charge in [0.15, 0.2) is 0 Å². The van der Waals surface area contributed by atoms with Crippen LogP contribution in [0.4, 0.5) is 0 Å². The summed E-state index contributed by atoms with van der Waals surface area (Å²) in [6, 6.07) is 6.81. The minimum Gasteiger partial charge on any atom is -0.480 e. The first-order valence-corrected chi connectivity index (χ1v) is 9.73. The summed E-state index contributed by atoms with van der Waals surface area (Å²) in [5, 5.41) is 14.1. The predicted molar refractivity (Wildman–Crippen MR) is 106 cm³/mol. The van der Waals surface area contributed by atoms with Gasteiger partial charge in [-0.15, -0.1) is 0 Å². The summed E-state index contributed by atoms with van der Waals surface area (Å²) in [5.74, 6) is -2.45. The monoisotopic (exact) mass is 404 g/mol. The normalized spacial score (nSPS) is 18.0. The Kier molecular flexibility index (Phi) is 8.14. The lowest BCUT2D eigenvalue weighted by Crippen LogP contribution is -2.53. The van der Waals surface area contributed by atoms with Crippen molar-refractivity contribution in [1.82, 2.24) is 15.5 Å². The highest BCUT2D eigenvalue weighted by Gasteiger charge is 2.35. The molecule has 0 aliphatic carbocycles. The molecular formula is C20H28N4O5. The van der Waals surface area contributed by atoms with Crippen LogP contribution in [0.3, 0.4) is 0 Å². The number of benzene rings is 1. The number of carbonyl (C=O) groups is 4. The Morgan fingerprint density at radius 3 is 2.55 bits per heavy atom. The van der Waals surface area contributed by atoms with Crippen LogP contribution in [0.1, 0.15) is 31.7 Å². The van der Waals surface area contributed by atoms with E-state index in [-0.39, 0.29) is 13.0 Å². The van der Waals surface area contributed by atoms with Crippen molar-refractivity contribution in [1.29, 1.82) is 0 Å². The van der Waals surface area contributed by atoms with E-state index in [0.29, 0.717) is 25.8 Å². The molecule has 158 valence electrons. The smallest absolute Gasteiger partial charge is 0.326 e. The maximum atomic E-state index is 12.5. The average molecular weight is 404 g/mol. The first-order valence-electron chi connectivity index (χ1n) is 9.73. The summed E-state index contributed by atoms with van der Waals surface area (Å²) < 4.78 is 0. The molecule has 2 rings (SSSR count). The van der Waals surface area contributed by atoms with Crippen molar-refractivity contribution >= 4 is 23.7 Å². The van der Waals surface area contributed by atoms with E-state index in [1.807, 2.05) is 30.3 Å². The van der Waals surface area contributed by atoms with Gasteiger partial charge in [-0.25, -0.2) is 4.79 Å². The number of likely N-dealkylation sites (tertiary alicyclic amines) is 1. The Morgan fingerprint density at radius 1 is 1.24 bits per heavy atom. The molecule has 1 aromatic carbocycles. The van der Waals surface area contributed by atoms with Crippen LogP contribution in [0.15, 0.2) is 30.3 Å². The number of nitrogens with one attached hydrogen (secondary N) is 2. The van der Waals surface area contributed by atoms with E-state index >= 15 is 0 Å². The fraction of sp³-hybridized carbons (Fsp3) is 0.500. The Balaban J connectivity index is 1.86. The van der Waals surface area contributed by atoms with Gasteiger partial charge in [-0.2, -0.15) is 0 Å². The lowest BCUT2D eigenvalue weighted by molar-refractivity contribution is -0.144. The lowest BCUT2D eigenvalue weighted by atomic mass is 10.1. The number of hydrogen-bond acceptors (Lipinski definition) is 5. The van der Waals surface area contributed by atoms with Gasteiger partial charge in [0.2, 0.25) is 17.7 Å². The summed E-state index contributed by atoms with van der Waals surface area (Å²) in [7, 11) is 0. The van der Waals surface area contributed by atoms with E-state index in [4.69, 9.17) is 10.8 Å². The highest BCUT2D eigenvalue weighted by Crippen LogP contribution is 2.17. The van der Waals surface area contributed by atoms with Gasteiger partial charge in [-0.1, -0.05) is 37.3 Å². The number of hydrogen-bond donors (Lipinski definition) is 4. The molecule has 0 bridgehead atoms. The van der Waals surface area contributed by atoms with Gasteiger partial charge < -0.3 is 26.4 Å². The molecule has 1 heterocycles. The number of aliphatic carboxylic acids is 1. The van der Waals surface area contributed by atoms with Crippen LogP contribution in [0.25, 0.3) is 0 Å². The molecule has 0 radical (unpaired) electrons. The maximum Gasteiger partial charge on any atom is 0.326 e. The molecule has 9 heteroatoms. The molecule has 0 spiro atoms. The van der Waals surface area contributed by atoms with Crippen LogP contribution in [0.5, 0.6) is 0 Å². The second-order valence-electron chi connectivity index (χ2n) is 7.07. The number of nitrogens with zero attached hydrogens (tertiary/aromatic N) is 1. The molecule has 0 saturated carbocycles. The number of carboxylic acid groups (broad SMARTS) is 1. The third kappa shape index (κ3) is 6.28. The second kappa shape index (κ2) is 10.6. The second-order valence-corrected chi connectivity index (χ2v) is 7.07. The average Bonchev–Trinajstić information content (AvgIpc) is 3.20. The molecule has 1 aliphatic rings. The Morgan fingerprint density at radius 2 is 1.93 bits per heavy atom. The van der Waals surface area contributed by atoms with Crippen LogP contribution in [0, 0.1) is 0 Å². The highest BCUT2D eigenvalue weighted by molar-refractivity contribution is 5.93. The zero-order chi connectivity index (χ0) is 21.4. The van der Waals surface area contributed by atoms with Crippen molar-refractivity contribution in [3.8, 4) is 0 Å². The van der Waals surface area contributed by atoms with E-state index in [1.165, 1.54) is 4.90 Å². The van der Waals surface area contributed by atoms with Crippen LogP contribution in [-0.2, 0) is 25.6 Å². The zero-order valence-electron chi connectivity index (χ0n) is 16.5. The molecule has 5 N–H and O–H groups in total. The van der Waals surface area contributed by atoms with Crippen LogP contribution >= 0.6 is 0 Å². The molecule has 3 amide bonds. The van der Waals surface area contributed by atoms with E-state index in [2.05, 4.69) is 10.6 Å². The first kappa shape index (κ1) is 22.4. The van der Waals surface area contributed by atoms with E-state index in [0.717, 1.165) is 5.56 Å². The molecular weight excluding hydrogens is 376 g/mol. The summed E-state index contributed by atoms with van der Waals surface area (Å²) >= 11 is 0. The van der Waals surface area contributed by atoms with Gasteiger partial charge in [0.25, 0.3) is 0 Å². The van der Waals surface area contributed by atoms with Crippen LogP contribution < -0.4 is 16.4 Å². The van der Waals surface area contributed by atoms with Gasteiger partial charge in [0, 0.05) is 6.54 Å². The van der Waals surface area contributed by atoms with Crippen molar-refractivity contribution in [3.63, 3.8) is 0 Å². The molecule has 1 saturated heterocycles. The van der Waals surface area contributed by atoms with Gasteiger partial charge in [-0.05, 0) is 31.2 Å².